The number of likely N-dealkylation sites (tertiary alicyclic amines) is 2. The van der Waals surface area contributed by atoms with Gasteiger partial charge >= 0.3 is 6.61 Å². The molecule has 2 saturated heterocycles. The van der Waals surface area contributed by atoms with Crippen molar-refractivity contribution in [1.29, 1.82) is 0 Å². The molecule has 1 atom stereocenters. The van der Waals surface area contributed by atoms with Gasteiger partial charge < -0.3 is 9.64 Å². The molecule has 2 aliphatic heterocycles. The van der Waals surface area contributed by atoms with Gasteiger partial charge in [-0.1, -0.05) is 18.2 Å². The monoisotopic (exact) mass is 364 g/mol. The number of carbonyl (C=O) groups is 1. The first kappa shape index (κ1) is 17.7. The lowest BCUT2D eigenvalue weighted by Crippen LogP contribution is -2.50. The lowest BCUT2D eigenvalue weighted by Gasteiger charge is -2.39. The van der Waals surface area contributed by atoms with Crippen LogP contribution in [-0.2, 0) is 11.3 Å². The van der Waals surface area contributed by atoms with Crippen LogP contribution in [0.15, 0.2) is 24.3 Å². The van der Waals surface area contributed by atoms with E-state index in [0.29, 0.717) is 18.4 Å². The average Bonchev–Trinajstić information content (AvgIpc) is 3.34. The Balaban J connectivity index is 1.42. The Labute approximate surface area is 153 Å². The molecule has 1 aliphatic carbocycles. The second-order valence-corrected chi connectivity index (χ2v) is 8.03. The molecule has 26 heavy (non-hydrogen) atoms. The van der Waals surface area contributed by atoms with Gasteiger partial charge in [0.2, 0.25) is 5.91 Å². The van der Waals surface area contributed by atoms with Gasteiger partial charge in [-0.2, -0.15) is 8.78 Å². The normalized spacial score (nSPS) is 26.9. The van der Waals surface area contributed by atoms with Crippen LogP contribution in [0, 0.1) is 11.3 Å². The lowest BCUT2D eigenvalue weighted by atomic mass is 9.78. The Hall–Kier alpha value is -1.69. The summed E-state index contributed by atoms with van der Waals surface area (Å²) in [6, 6.07) is 6.94. The van der Waals surface area contributed by atoms with Gasteiger partial charge in [-0.05, 0) is 50.6 Å². The molecule has 0 N–H and O–H groups in total. The summed E-state index contributed by atoms with van der Waals surface area (Å²) in [5.74, 6) is 1.26. The van der Waals surface area contributed by atoms with E-state index in [1.54, 1.807) is 12.1 Å². The molecule has 0 aromatic heterocycles. The van der Waals surface area contributed by atoms with Gasteiger partial charge in [-0.3, -0.25) is 9.69 Å². The van der Waals surface area contributed by atoms with Crippen LogP contribution in [0.4, 0.5) is 8.78 Å². The molecule has 2 heterocycles. The Morgan fingerprint density at radius 3 is 2.77 bits per heavy atom. The molecule has 1 saturated carbocycles. The summed E-state index contributed by atoms with van der Waals surface area (Å²) < 4.78 is 29.9. The number of carbonyl (C=O) groups excluding carboxylic acids is 1. The molecule has 0 radical (unpaired) electrons. The number of halogens is 2. The van der Waals surface area contributed by atoms with E-state index in [4.69, 9.17) is 0 Å². The summed E-state index contributed by atoms with van der Waals surface area (Å²) >= 11 is 0. The Morgan fingerprint density at radius 1 is 1.19 bits per heavy atom. The SMILES string of the molecule is O=C1N(CC2CC2)CCC[C@@]12CCN(Cc1ccccc1OC(F)F)C2. The van der Waals surface area contributed by atoms with Crippen LogP contribution in [-0.4, -0.2) is 48.5 Å². The minimum absolute atomic E-state index is 0.230. The van der Waals surface area contributed by atoms with Crippen molar-refractivity contribution < 1.29 is 18.3 Å². The van der Waals surface area contributed by atoms with E-state index in [9.17, 15) is 13.6 Å². The molecule has 1 amide bonds. The molecule has 1 spiro atoms. The van der Waals surface area contributed by atoms with Gasteiger partial charge in [0.1, 0.15) is 5.75 Å². The zero-order valence-electron chi connectivity index (χ0n) is 15.0. The number of amides is 1. The number of para-hydroxylation sites is 1. The highest BCUT2D eigenvalue weighted by Gasteiger charge is 2.48. The van der Waals surface area contributed by atoms with E-state index in [1.807, 2.05) is 12.1 Å². The minimum Gasteiger partial charge on any atom is -0.434 e. The smallest absolute Gasteiger partial charge is 0.387 e. The van der Waals surface area contributed by atoms with Gasteiger partial charge in [0.05, 0.1) is 5.41 Å². The van der Waals surface area contributed by atoms with Crippen molar-refractivity contribution >= 4 is 5.91 Å². The van der Waals surface area contributed by atoms with Crippen LogP contribution in [0.3, 0.4) is 0 Å². The third-order valence-electron chi connectivity index (χ3n) is 6.02. The number of nitrogens with zero attached hydrogens (tertiary/aromatic N) is 2. The molecule has 4 nitrogen and oxygen atoms in total. The van der Waals surface area contributed by atoms with E-state index < -0.39 is 6.61 Å². The second-order valence-electron chi connectivity index (χ2n) is 8.03. The molecule has 0 unspecified atom stereocenters. The summed E-state index contributed by atoms with van der Waals surface area (Å²) in [6.45, 7) is 1.08. The van der Waals surface area contributed by atoms with Gasteiger partial charge in [-0.15, -0.1) is 0 Å². The number of rotatable bonds is 6. The molecule has 0 bridgehead atoms. The Morgan fingerprint density at radius 2 is 2.00 bits per heavy atom. The van der Waals surface area contributed by atoms with Crippen LogP contribution in [0.1, 0.15) is 37.7 Å². The third-order valence-corrected chi connectivity index (χ3v) is 6.02. The van der Waals surface area contributed by atoms with Gasteiger partial charge in [0.15, 0.2) is 0 Å². The van der Waals surface area contributed by atoms with Crippen molar-refractivity contribution in [2.75, 3.05) is 26.2 Å². The average molecular weight is 364 g/mol. The van der Waals surface area contributed by atoms with Crippen molar-refractivity contribution in [1.82, 2.24) is 9.80 Å². The predicted molar refractivity (Wildman–Crippen MR) is 93.9 cm³/mol. The summed E-state index contributed by atoms with van der Waals surface area (Å²) in [7, 11) is 0. The number of piperidine rings is 1. The molecule has 4 rings (SSSR count). The Kier molecular flexibility index (Phi) is 4.86. The number of ether oxygens (including phenoxy) is 1. The van der Waals surface area contributed by atoms with Gasteiger partial charge in [0.25, 0.3) is 0 Å². The van der Waals surface area contributed by atoms with E-state index in [2.05, 4.69) is 14.5 Å². The fourth-order valence-corrected chi connectivity index (χ4v) is 4.50. The standard InChI is InChI=1S/C20H26F2N2O2/c21-19(22)26-17-5-2-1-4-16(17)13-23-11-9-20(14-23)8-3-10-24(18(20)25)12-15-6-7-15/h1-2,4-5,15,19H,3,6-14H2/t20-/m0/s1. The van der Waals surface area contributed by atoms with Crippen molar-refractivity contribution in [3.8, 4) is 5.75 Å². The fraction of sp³-hybridized carbons (Fsp3) is 0.650. The number of hydrogen-bond acceptors (Lipinski definition) is 3. The molecule has 1 aromatic carbocycles. The van der Waals surface area contributed by atoms with Crippen LogP contribution in [0.25, 0.3) is 0 Å². The summed E-state index contributed by atoms with van der Waals surface area (Å²) in [6.07, 6.45) is 5.38. The molecule has 3 aliphatic rings. The molecule has 142 valence electrons. The van der Waals surface area contributed by atoms with Crippen molar-refractivity contribution in [2.24, 2.45) is 11.3 Å². The van der Waals surface area contributed by atoms with Crippen LogP contribution < -0.4 is 4.74 Å². The zero-order chi connectivity index (χ0) is 18.1. The maximum atomic E-state index is 13.1. The van der Waals surface area contributed by atoms with Crippen molar-refractivity contribution in [2.45, 2.75) is 45.3 Å². The molecule has 3 fully saturated rings. The fourth-order valence-electron chi connectivity index (χ4n) is 4.50. The topological polar surface area (TPSA) is 32.8 Å². The van der Waals surface area contributed by atoms with Crippen molar-refractivity contribution in [3.63, 3.8) is 0 Å². The number of benzene rings is 1. The summed E-state index contributed by atoms with van der Waals surface area (Å²) in [4.78, 5) is 17.4. The predicted octanol–water partition coefficient (Wildman–Crippen LogP) is 3.51. The van der Waals surface area contributed by atoms with E-state index in [0.717, 1.165) is 51.0 Å². The molecular formula is C20H26F2N2O2. The minimum atomic E-state index is -2.82. The largest absolute Gasteiger partial charge is 0.434 e. The van der Waals surface area contributed by atoms with Crippen molar-refractivity contribution in [3.05, 3.63) is 29.8 Å². The molecule has 1 aromatic rings. The Bertz CT molecular complexity index is 665. The van der Waals surface area contributed by atoms with Gasteiger partial charge in [0, 0.05) is 31.7 Å². The first-order valence-corrected chi connectivity index (χ1v) is 9.60. The highest BCUT2D eigenvalue weighted by atomic mass is 19.3. The number of alkyl halides is 2. The highest BCUT2D eigenvalue weighted by molar-refractivity contribution is 5.84. The zero-order valence-corrected chi connectivity index (χ0v) is 15.0. The highest BCUT2D eigenvalue weighted by Crippen LogP contribution is 2.42. The number of hydrogen-bond donors (Lipinski definition) is 0. The first-order valence-electron chi connectivity index (χ1n) is 9.60. The van der Waals surface area contributed by atoms with E-state index >= 15 is 0 Å². The van der Waals surface area contributed by atoms with E-state index in [-0.39, 0.29) is 11.2 Å². The quantitative estimate of drug-likeness (QED) is 0.774. The van der Waals surface area contributed by atoms with Crippen LogP contribution >= 0.6 is 0 Å². The van der Waals surface area contributed by atoms with Crippen LogP contribution in [0.5, 0.6) is 5.75 Å². The maximum absolute atomic E-state index is 13.1. The summed E-state index contributed by atoms with van der Waals surface area (Å²) in [5, 5.41) is 0. The first-order chi connectivity index (χ1) is 12.6. The maximum Gasteiger partial charge on any atom is 0.387 e. The summed E-state index contributed by atoms with van der Waals surface area (Å²) in [5.41, 5.74) is 0.481. The lowest BCUT2D eigenvalue weighted by molar-refractivity contribution is -0.145. The van der Waals surface area contributed by atoms with Gasteiger partial charge in [-0.25, -0.2) is 0 Å². The third kappa shape index (κ3) is 3.70. The molecule has 6 heteroatoms. The van der Waals surface area contributed by atoms with Crippen LogP contribution in [0.2, 0.25) is 0 Å². The molecular weight excluding hydrogens is 338 g/mol. The van der Waals surface area contributed by atoms with E-state index in [1.165, 1.54) is 12.8 Å². The second kappa shape index (κ2) is 7.14.